The molecule has 0 aromatic carbocycles. The summed E-state index contributed by atoms with van der Waals surface area (Å²) < 4.78 is 0. The molecule has 0 heterocycles. The van der Waals surface area contributed by atoms with Gasteiger partial charge in [-0.1, -0.05) is 27.7 Å². The summed E-state index contributed by atoms with van der Waals surface area (Å²) in [6, 6.07) is -6.85. The van der Waals surface area contributed by atoms with Crippen molar-refractivity contribution in [2.24, 2.45) is 17.6 Å². The molecular weight excluding hydrogens is 494 g/mol. The van der Waals surface area contributed by atoms with Gasteiger partial charge in [-0.25, -0.2) is 4.79 Å². The molecule has 0 bridgehead atoms. The molecule has 0 aliphatic carbocycles. The summed E-state index contributed by atoms with van der Waals surface area (Å²) in [6.07, 6.45) is -0.573. The Kier molecular flexibility index (Phi) is 15.0. The van der Waals surface area contributed by atoms with Crippen LogP contribution in [0.4, 0.5) is 0 Å². The summed E-state index contributed by atoms with van der Waals surface area (Å²) in [4.78, 5) is 72.5. The van der Waals surface area contributed by atoms with Gasteiger partial charge in [0.25, 0.3) is 0 Å². The van der Waals surface area contributed by atoms with Gasteiger partial charge in [-0.3, -0.25) is 24.0 Å². The van der Waals surface area contributed by atoms with Crippen molar-refractivity contribution in [3.05, 3.63) is 0 Å². The number of aliphatic hydroxyl groups excluding tert-OH is 2. The molecule has 0 saturated carbocycles. The maximum Gasteiger partial charge on any atom is 0.328 e. The van der Waals surface area contributed by atoms with Crippen molar-refractivity contribution in [2.45, 2.75) is 77.2 Å². The molecule has 0 aliphatic heterocycles. The smallest absolute Gasteiger partial charge is 0.328 e. The summed E-state index contributed by atoms with van der Waals surface area (Å²) in [7, 11) is 0. The predicted octanol–water partition coefficient (Wildman–Crippen LogP) is -3.11. The predicted molar refractivity (Wildman–Crippen MR) is 129 cm³/mol. The van der Waals surface area contributed by atoms with Crippen LogP contribution in [0.25, 0.3) is 0 Å². The van der Waals surface area contributed by atoms with Gasteiger partial charge >= 0.3 is 11.9 Å². The molecule has 0 aromatic rings. The Morgan fingerprint density at radius 2 is 1.19 bits per heavy atom. The van der Waals surface area contributed by atoms with Crippen molar-refractivity contribution < 1.29 is 49.2 Å². The third-order valence-corrected chi connectivity index (χ3v) is 5.20. The van der Waals surface area contributed by atoms with Crippen LogP contribution in [0.5, 0.6) is 0 Å². The fourth-order valence-electron chi connectivity index (χ4n) is 3.13. The lowest BCUT2D eigenvalue weighted by Crippen LogP contribution is -2.60. The second kappa shape index (κ2) is 16.4. The van der Waals surface area contributed by atoms with E-state index in [9.17, 15) is 33.9 Å². The first-order valence-corrected chi connectivity index (χ1v) is 11.8. The molecule has 15 heteroatoms. The number of carboxylic acid groups (broad SMARTS) is 2. The first-order chi connectivity index (χ1) is 17.1. The minimum atomic E-state index is -1.70. The number of rotatable bonds is 17. The molecule has 212 valence electrons. The highest BCUT2D eigenvalue weighted by atomic mass is 16.4. The summed E-state index contributed by atoms with van der Waals surface area (Å²) >= 11 is 0. The van der Waals surface area contributed by atoms with Gasteiger partial charge in [0.05, 0.1) is 19.3 Å². The maximum atomic E-state index is 13.0. The number of carboxylic acids is 2. The summed E-state index contributed by atoms with van der Waals surface area (Å²) in [6.45, 7) is 5.10. The molecule has 4 amide bonds. The molecule has 0 fully saturated rings. The van der Waals surface area contributed by atoms with Crippen LogP contribution in [0.2, 0.25) is 0 Å². The number of amides is 4. The van der Waals surface area contributed by atoms with Crippen LogP contribution in [0.3, 0.4) is 0 Å². The number of hydrogen-bond acceptors (Lipinski definition) is 9. The normalized spacial score (nSPS) is 15.2. The molecule has 0 unspecified atom stereocenters. The molecule has 0 spiro atoms. The number of nitrogens with one attached hydrogen (secondary N) is 4. The molecule has 0 aromatic heterocycles. The van der Waals surface area contributed by atoms with Crippen LogP contribution in [-0.2, 0) is 28.8 Å². The van der Waals surface area contributed by atoms with Crippen LogP contribution in [0, 0.1) is 11.8 Å². The molecule has 5 atom stereocenters. The van der Waals surface area contributed by atoms with Crippen LogP contribution in [-0.4, -0.2) is 99.4 Å². The van der Waals surface area contributed by atoms with Crippen molar-refractivity contribution in [1.29, 1.82) is 0 Å². The van der Waals surface area contributed by atoms with E-state index in [-0.39, 0.29) is 5.92 Å². The molecule has 37 heavy (non-hydrogen) atoms. The van der Waals surface area contributed by atoms with Gasteiger partial charge in [-0.05, 0) is 24.7 Å². The minimum Gasteiger partial charge on any atom is -0.481 e. The number of aliphatic carboxylic acids is 2. The Labute approximate surface area is 214 Å². The largest absolute Gasteiger partial charge is 0.481 e. The van der Waals surface area contributed by atoms with E-state index in [2.05, 4.69) is 16.0 Å². The SMILES string of the molecule is CC(C)C[C@H](N)C(=O)N[C@H](C(=O)N[C@@H](CCC(=O)O)C(=O)N[C@@H](CO)C(=O)N[C@@H](CO)C(=O)O)C(C)C. The third-order valence-electron chi connectivity index (χ3n) is 5.20. The molecule has 0 aliphatic rings. The Morgan fingerprint density at radius 1 is 0.703 bits per heavy atom. The number of carbonyl (C=O) groups excluding carboxylic acids is 4. The minimum absolute atomic E-state index is 0.121. The average Bonchev–Trinajstić information content (AvgIpc) is 2.80. The standard InChI is InChI=1S/C22H39N5O10/c1-10(2)7-12(23)18(32)27-17(11(3)4)21(35)24-13(5-6-16(30)31)19(33)25-14(8-28)20(34)26-15(9-29)22(36)37/h10-15,17,28-29H,5-9,23H2,1-4H3,(H,24,35)(H,25,33)(H,26,34)(H,27,32)(H,30,31)(H,36,37)/t12-,13-,14-,15-,17-/m0/s1. The molecule has 0 radical (unpaired) electrons. The highest BCUT2D eigenvalue weighted by molar-refractivity contribution is 5.95. The Bertz CT molecular complexity index is 820. The third kappa shape index (κ3) is 12.5. The summed E-state index contributed by atoms with van der Waals surface area (Å²) in [5.74, 6) is -6.71. The van der Waals surface area contributed by atoms with Crippen LogP contribution in [0.15, 0.2) is 0 Å². The second-order valence-electron chi connectivity index (χ2n) is 9.29. The van der Waals surface area contributed by atoms with E-state index in [1.54, 1.807) is 13.8 Å². The molecule has 15 nitrogen and oxygen atoms in total. The van der Waals surface area contributed by atoms with Gasteiger partial charge in [0.15, 0.2) is 0 Å². The molecule has 0 saturated heterocycles. The van der Waals surface area contributed by atoms with E-state index in [4.69, 9.17) is 21.1 Å². The van der Waals surface area contributed by atoms with Gasteiger partial charge in [0.1, 0.15) is 24.2 Å². The van der Waals surface area contributed by atoms with E-state index < -0.39 is 97.7 Å². The van der Waals surface area contributed by atoms with Crippen LogP contribution >= 0.6 is 0 Å². The zero-order chi connectivity index (χ0) is 28.9. The number of hydrogen-bond donors (Lipinski definition) is 9. The molecule has 10 N–H and O–H groups in total. The van der Waals surface area contributed by atoms with E-state index in [1.165, 1.54) is 0 Å². The summed E-state index contributed by atoms with van der Waals surface area (Å²) in [5, 5.41) is 45.4. The molecule has 0 rings (SSSR count). The topological polar surface area (TPSA) is 257 Å². The Balaban J connectivity index is 5.60. The van der Waals surface area contributed by atoms with Gasteiger partial charge < -0.3 is 47.4 Å². The highest BCUT2D eigenvalue weighted by Crippen LogP contribution is 2.08. The number of aliphatic hydroxyl groups is 2. The van der Waals surface area contributed by atoms with Gasteiger partial charge in [-0.15, -0.1) is 0 Å². The first-order valence-electron chi connectivity index (χ1n) is 11.8. The number of nitrogens with two attached hydrogens (primary N) is 1. The second-order valence-corrected chi connectivity index (χ2v) is 9.29. The van der Waals surface area contributed by atoms with Crippen LogP contribution < -0.4 is 27.0 Å². The van der Waals surface area contributed by atoms with E-state index in [1.807, 2.05) is 19.2 Å². The summed E-state index contributed by atoms with van der Waals surface area (Å²) in [5.41, 5.74) is 5.87. The Morgan fingerprint density at radius 3 is 1.62 bits per heavy atom. The number of carbonyl (C=O) groups is 6. The Hall–Kier alpha value is -3.30. The lowest BCUT2D eigenvalue weighted by atomic mass is 9.99. The van der Waals surface area contributed by atoms with E-state index in [0.29, 0.717) is 6.42 Å². The molecular formula is C22H39N5O10. The fourth-order valence-corrected chi connectivity index (χ4v) is 3.13. The zero-order valence-corrected chi connectivity index (χ0v) is 21.4. The average molecular weight is 534 g/mol. The fraction of sp³-hybridized carbons (Fsp3) is 0.727. The van der Waals surface area contributed by atoms with Crippen molar-refractivity contribution in [1.82, 2.24) is 21.3 Å². The van der Waals surface area contributed by atoms with Crippen molar-refractivity contribution >= 4 is 35.6 Å². The lowest BCUT2D eigenvalue weighted by Gasteiger charge is -2.27. The van der Waals surface area contributed by atoms with Crippen LogP contribution in [0.1, 0.15) is 47.0 Å². The van der Waals surface area contributed by atoms with Crippen molar-refractivity contribution in [2.75, 3.05) is 13.2 Å². The monoisotopic (exact) mass is 533 g/mol. The van der Waals surface area contributed by atoms with Gasteiger partial charge in [-0.2, -0.15) is 0 Å². The first kappa shape index (κ1) is 33.7. The van der Waals surface area contributed by atoms with E-state index >= 15 is 0 Å². The quantitative estimate of drug-likeness (QED) is 0.0903. The lowest BCUT2D eigenvalue weighted by molar-refractivity contribution is -0.143. The van der Waals surface area contributed by atoms with Gasteiger partial charge in [0, 0.05) is 6.42 Å². The highest BCUT2D eigenvalue weighted by Gasteiger charge is 2.32. The van der Waals surface area contributed by atoms with E-state index in [0.717, 1.165) is 0 Å². The van der Waals surface area contributed by atoms with Gasteiger partial charge in [0.2, 0.25) is 23.6 Å². The van der Waals surface area contributed by atoms with Crippen molar-refractivity contribution in [3.63, 3.8) is 0 Å². The zero-order valence-electron chi connectivity index (χ0n) is 21.4. The maximum absolute atomic E-state index is 13.0. The van der Waals surface area contributed by atoms with Crippen molar-refractivity contribution in [3.8, 4) is 0 Å².